The Morgan fingerprint density at radius 1 is 1.00 bits per heavy atom. The number of carbonyl (C=O) groups excluding carboxylic acids is 1. The van der Waals surface area contributed by atoms with Gasteiger partial charge < -0.3 is 24.8 Å². The monoisotopic (exact) mass is 668 g/mol. The number of halogens is 2. The first-order chi connectivity index (χ1) is 22.0. The van der Waals surface area contributed by atoms with Gasteiger partial charge >= 0.3 is 0 Å². The highest BCUT2D eigenvalue weighted by Gasteiger charge is 2.33. The molecule has 3 aromatic carbocycles. The number of likely N-dealkylation sites (tertiary alicyclic amines) is 1. The number of piperazine rings is 1. The summed E-state index contributed by atoms with van der Waals surface area (Å²) in [6.07, 6.45) is 2.61. The Hall–Kier alpha value is -2.74. The van der Waals surface area contributed by atoms with Gasteiger partial charge in [0.25, 0.3) is 0 Å². The minimum absolute atomic E-state index is 0.0218. The van der Waals surface area contributed by atoms with Gasteiger partial charge in [-0.05, 0) is 106 Å². The third-order valence-corrected chi connectivity index (χ3v) is 11.2. The van der Waals surface area contributed by atoms with Gasteiger partial charge in [-0.1, -0.05) is 41.9 Å². The van der Waals surface area contributed by atoms with Crippen molar-refractivity contribution in [3.05, 3.63) is 82.6 Å². The van der Waals surface area contributed by atoms with Crippen molar-refractivity contribution in [2.45, 2.75) is 38.8 Å². The summed E-state index contributed by atoms with van der Waals surface area (Å²) in [5, 5.41) is 1.58. The molecule has 0 radical (unpaired) electrons. The first-order valence-corrected chi connectivity index (χ1v) is 19.3. The Morgan fingerprint density at radius 2 is 1.72 bits per heavy atom. The summed E-state index contributed by atoms with van der Waals surface area (Å²) >= 11 is 6.41. The van der Waals surface area contributed by atoms with Crippen molar-refractivity contribution < 1.29 is 18.5 Å². The summed E-state index contributed by atoms with van der Waals surface area (Å²) in [4.78, 5) is 19.9. The standard InChI is InChI=1S/C36H47ClFN4O3P/c1-4-45-34-10-6-9-33(38)32(34)25-41-19-21-42(22-20-41)36(43)35(39)26-13-16-40(17-14-26)18-15-28-23-29(37)11-12-31(28)27-7-5-8-30(24-27)46(2,3)44/h5-12,23-24,26,35H,4,13-22,25,39H2,1-3H3/t35-/m1/s1. The zero-order chi connectivity index (χ0) is 32.8. The molecule has 7 nitrogen and oxygen atoms in total. The molecule has 2 fully saturated rings. The predicted octanol–water partition coefficient (Wildman–Crippen LogP) is 5.72. The van der Waals surface area contributed by atoms with Crippen LogP contribution in [0, 0.1) is 11.7 Å². The molecule has 0 unspecified atom stereocenters. The maximum atomic E-state index is 14.6. The highest BCUT2D eigenvalue weighted by Crippen LogP contribution is 2.36. The molecular formula is C36H47ClFN4O3P. The third kappa shape index (κ3) is 8.59. The Labute approximate surface area is 278 Å². The van der Waals surface area contributed by atoms with Crippen LogP contribution in [0.5, 0.6) is 5.75 Å². The normalized spacial score (nSPS) is 17.7. The summed E-state index contributed by atoms with van der Waals surface area (Å²) in [5.41, 5.74) is 10.5. The van der Waals surface area contributed by atoms with Crippen LogP contribution in [-0.2, 0) is 22.3 Å². The van der Waals surface area contributed by atoms with E-state index in [1.165, 1.54) is 11.6 Å². The smallest absolute Gasteiger partial charge is 0.239 e. The molecule has 0 aromatic heterocycles. The zero-order valence-corrected chi connectivity index (χ0v) is 28.9. The second kappa shape index (κ2) is 15.4. The Bertz CT molecular complexity index is 1550. The lowest BCUT2D eigenvalue weighted by atomic mass is 9.88. The van der Waals surface area contributed by atoms with Crippen molar-refractivity contribution in [3.8, 4) is 16.9 Å². The lowest BCUT2D eigenvalue weighted by molar-refractivity contribution is -0.136. The largest absolute Gasteiger partial charge is 0.493 e. The maximum Gasteiger partial charge on any atom is 0.239 e. The van der Waals surface area contributed by atoms with E-state index in [0.29, 0.717) is 55.7 Å². The van der Waals surface area contributed by atoms with Crippen molar-refractivity contribution in [2.75, 3.05) is 65.7 Å². The van der Waals surface area contributed by atoms with Gasteiger partial charge in [0, 0.05) is 55.2 Å². The zero-order valence-electron chi connectivity index (χ0n) is 27.3. The van der Waals surface area contributed by atoms with E-state index >= 15 is 0 Å². The topological polar surface area (TPSA) is 79.1 Å². The van der Waals surface area contributed by atoms with E-state index in [9.17, 15) is 13.8 Å². The summed E-state index contributed by atoms with van der Waals surface area (Å²) < 4.78 is 32.9. The SMILES string of the molecule is CCOc1cccc(F)c1CN1CCN(C(=O)[C@H](N)C2CCN(CCc3cc(Cl)ccc3-c3cccc(P(C)(C)=O)c3)CC2)CC1. The summed E-state index contributed by atoms with van der Waals surface area (Å²) in [6, 6.07) is 18.5. The fourth-order valence-electron chi connectivity index (χ4n) is 6.62. The molecule has 1 atom stereocenters. The van der Waals surface area contributed by atoms with Crippen molar-refractivity contribution in [1.82, 2.24) is 14.7 Å². The molecule has 0 saturated carbocycles. The molecule has 5 rings (SSSR count). The van der Waals surface area contributed by atoms with Gasteiger partial charge in [-0.3, -0.25) is 9.69 Å². The predicted molar refractivity (Wildman–Crippen MR) is 186 cm³/mol. The van der Waals surface area contributed by atoms with Gasteiger partial charge in [-0.25, -0.2) is 4.39 Å². The average molecular weight is 669 g/mol. The van der Waals surface area contributed by atoms with Gasteiger partial charge in [0.05, 0.1) is 12.6 Å². The van der Waals surface area contributed by atoms with E-state index in [1.807, 2.05) is 42.2 Å². The van der Waals surface area contributed by atoms with Gasteiger partial charge in [0.1, 0.15) is 18.7 Å². The molecule has 1 amide bonds. The van der Waals surface area contributed by atoms with Crippen LogP contribution < -0.4 is 15.8 Å². The van der Waals surface area contributed by atoms with Crippen molar-refractivity contribution >= 4 is 30.0 Å². The number of nitrogens with two attached hydrogens (primary N) is 1. The molecular weight excluding hydrogens is 622 g/mol. The minimum Gasteiger partial charge on any atom is -0.493 e. The van der Waals surface area contributed by atoms with Crippen LogP contribution in [0.2, 0.25) is 5.02 Å². The van der Waals surface area contributed by atoms with Gasteiger partial charge in [0.15, 0.2) is 0 Å². The molecule has 2 aliphatic heterocycles. The minimum atomic E-state index is -2.37. The first-order valence-electron chi connectivity index (χ1n) is 16.4. The lowest BCUT2D eigenvalue weighted by Gasteiger charge is -2.39. The Morgan fingerprint density at radius 3 is 2.41 bits per heavy atom. The number of hydrogen-bond acceptors (Lipinski definition) is 6. The van der Waals surface area contributed by atoms with Crippen LogP contribution in [0.3, 0.4) is 0 Å². The average Bonchev–Trinajstić information content (AvgIpc) is 3.05. The Kier molecular flexibility index (Phi) is 11.6. The number of amides is 1. The number of hydrogen-bond donors (Lipinski definition) is 1. The maximum absolute atomic E-state index is 14.6. The van der Waals surface area contributed by atoms with Gasteiger partial charge in [0.2, 0.25) is 5.91 Å². The van der Waals surface area contributed by atoms with Gasteiger partial charge in [-0.15, -0.1) is 0 Å². The number of piperidine rings is 1. The van der Waals surface area contributed by atoms with Crippen LogP contribution in [0.15, 0.2) is 60.7 Å². The number of carbonyl (C=O) groups is 1. The molecule has 2 N–H and O–H groups in total. The third-order valence-electron chi connectivity index (χ3n) is 9.41. The second-order valence-corrected chi connectivity index (χ2v) is 16.6. The van der Waals surface area contributed by atoms with Crippen LogP contribution in [0.4, 0.5) is 4.39 Å². The summed E-state index contributed by atoms with van der Waals surface area (Å²) in [6.45, 7) is 11.6. The summed E-state index contributed by atoms with van der Waals surface area (Å²) in [5.74, 6) is 0.491. The number of nitrogens with zero attached hydrogens (tertiary/aromatic N) is 3. The quantitative estimate of drug-likeness (QED) is 0.264. The first kappa shape index (κ1) is 34.6. The molecule has 10 heteroatoms. The van der Waals surface area contributed by atoms with E-state index < -0.39 is 13.2 Å². The molecule has 248 valence electrons. The van der Waals surface area contributed by atoms with E-state index in [-0.39, 0.29) is 17.6 Å². The van der Waals surface area contributed by atoms with E-state index in [0.717, 1.165) is 55.3 Å². The van der Waals surface area contributed by atoms with E-state index in [4.69, 9.17) is 22.1 Å². The van der Waals surface area contributed by atoms with Crippen LogP contribution in [0.25, 0.3) is 11.1 Å². The summed E-state index contributed by atoms with van der Waals surface area (Å²) in [7, 11) is -2.37. The fraction of sp³-hybridized carbons (Fsp3) is 0.472. The molecule has 3 aromatic rings. The molecule has 0 spiro atoms. The number of benzene rings is 3. The fourth-order valence-corrected chi connectivity index (χ4v) is 7.71. The van der Waals surface area contributed by atoms with E-state index in [2.05, 4.69) is 21.9 Å². The second-order valence-electron chi connectivity index (χ2n) is 12.9. The molecule has 2 aliphatic rings. The number of ether oxygens (including phenoxy) is 1. The lowest BCUT2D eigenvalue weighted by Crippen LogP contribution is -2.55. The molecule has 0 aliphatic carbocycles. The van der Waals surface area contributed by atoms with E-state index in [1.54, 1.807) is 25.5 Å². The highest BCUT2D eigenvalue weighted by molar-refractivity contribution is 7.70. The molecule has 2 saturated heterocycles. The molecule has 2 heterocycles. The van der Waals surface area contributed by atoms with Crippen molar-refractivity contribution in [3.63, 3.8) is 0 Å². The molecule has 46 heavy (non-hydrogen) atoms. The van der Waals surface area contributed by atoms with Crippen LogP contribution in [0.1, 0.15) is 30.9 Å². The Balaban J connectivity index is 1.11. The highest BCUT2D eigenvalue weighted by atomic mass is 35.5. The van der Waals surface area contributed by atoms with Crippen LogP contribution in [-0.4, -0.2) is 92.4 Å². The van der Waals surface area contributed by atoms with Crippen molar-refractivity contribution in [1.29, 1.82) is 0 Å². The van der Waals surface area contributed by atoms with Gasteiger partial charge in [-0.2, -0.15) is 0 Å². The molecule has 0 bridgehead atoms. The van der Waals surface area contributed by atoms with Crippen molar-refractivity contribution in [2.24, 2.45) is 11.7 Å². The van der Waals surface area contributed by atoms with Crippen LogP contribution >= 0.6 is 18.7 Å². The number of rotatable bonds is 11.